The Kier molecular flexibility index (Phi) is 6.86. The predicted octanol–water partition coefficient (Wildman–Crippen LogP) is 3.15. The molecule has 0 radical (unpaired) electrons. The highest BCUT2D eigenvalue weighted by Gasteiger charge is 2.30. The van der Waals surface area contributed by atoms with E-state index >= 15 is 0 Å². The van der Waals surface area contributed by atoms with E-state index < -0.39 is 0 Å². The van der Waals surface area contributed by atoms with Crippen molar-refractivity contribution in [1.29, 1.82) is 0 Å². The molecule has 3 rings (SSSR count). The first-order chi connectivity index (χ1) is 13.6. The highest BCUT2D eigenvalue weighted by atomic mass is 32.1. The summed E-state index contributed by atoms with van der Waals surface area (Å²) in [7, 11) is 1.61. The molecule has 1 aliphatic heterocycles. The second-order valence-corrected chi connectivity index (χ2v) is 7.38. The number of carbonyl (C=O) groups excluding carboxylic acids is 2. The summed E-state index contributed by atoms with van der Waals surface area (Å²) in [6.45, 7) is 3.44. The molecule has 1 atom stereocenters. The van der Waals surface area contributed by atoms with Gasteiger partial charge < -0.3 is 19.1 Å². The molecule has 0 N–H and O–H groups in total. The molecule has 0 unspecified atom stereocenters. The number of piperidine rings is 1. The topological polar surface area (TPSA) is 78.0 Å². The van der Waals surface area contributed by atoms with Crippen molar-refractivity contribution < 1.29 is 23.8 Å². The molecule has 0 bridgehead atoms. The first kappa shape index (κ1) is 20.1. The van der Waals surface area contributed by atoms with Gasteiger partial charge in [0.15, 0.2) is 0 Å². The average molecular weight is 404 g/mol. The minimum absolute atomic E-state index is 0.152. The Morgan fingerprint density at radius 1 is 1.25 bits per heavy atom. The van der Waals surface area contributed by atoms with Crippen molar-refractivity contribution in [1.82, 2.24) is 9.88 Å². The minimum atomic E-state index is -0.255. The lowest BCUT2D eigenvalue weighted by molar-refractivity contribution is -0.149. The fourth-order valence-electron chi connectivity index (χ4n) is 3.07. The van der Waals surface area contributed by atoms with E-state index in [1.807, 2.05) is 24.3 Å². The summed E-state index contributed by atoms with van der Waals surface area (Å²) in [5, 5.41) is 2.46. The second-order valence-electron chi connectivity index (χ2n) is 6.43. The molecule has 8 heteroatoms. The lowest BCUT2D eigenvalue weighted by Crippen LogP contribution is -2.43. The SMILES string of the molecule is CCOC(=O)[C@@H]1CCCN(C(=O)c2csc(COc3ccc(OC)cc3)n2)C1. The fraction of sp³-hybridized carbons (Fsp3) is 0.450. The quantitative estimate of drug-likeness (QED) is 0.660. The van der Waals surface area contributed by atoms with Crippen molar-refractivity contribution in [3.05, 3.63) is 40.3 Å². The van der Waals surface area contributed by atoms with Gasteiger partial charge in [0.25, 0.3) is 5.91 Å². The summed E-state index contributed by atoms with van der Waals surface area (Å²) in [4.78, 5) is 30.8. The van der Waals surface area contributed by atoms with Crippen LogP contribution in [-0.2, 0) is 16.1 Å². The van der Waals surface area contributed by atoms with Crippen LogP contribution in [0.25, 0.3) is 0 Å². The van der Waals surface area contributed by atoms with Crippen LogP contribution in [0.15, 0.2) is 29.6 Å². The van der Waals surface area contributed by atoms with E-state index in [2.05, 4.69) is 4.98 Å². The van der Waals surface area contributed by atoms with Crippen LogP contribution in [0, 0.1) is 5.92 Å². The Morgan fingerprint density at radius 3 is 2.71 bits per heavy atom. The molecule has 1 aromatic heterocycles. The summed E-state index contributed by atoms with van der Waals surface area (Å²) < 4.78 is 15.9. The number of esters is 1. The number of rotatable bonds is 7. The fourth-order valence-corrected chi connectivity index (χ4v) is 3.75. The normalized spacial score (nSPS) is 16.5. The number of likely N-dealkylation sites (tertiary alicyclic amines) is 1. The Morgan fingerprint density at radius 2 is 2.00 bits per heavy atom. The molecule has 1 aromatic carbocycles. The molecule has 1 saturated heterocycles. The van der Waals surface area contributed by atoms with Gasteiger partial charge >= 0.3 is 5.97 Å². The van der Waals surface area contributed by atoms with Gasteiger partial charge in [-0.25, -0.2) is 4.98 Å². The van der Waals surface area contributed by atoms with Gasteiger partial charge in [0, 0.05) is 18.5 Å². The smallest absolute Gasteiger partial charge is 0.310 e. The highest BCUT2D eigenvalue weighted by Crippen LogP contribution is 2.22. The van der Waals surface area contributed by atoms with Gasteiger partial charge in [0.2, 0.25) is 0 Å². The van der Waals surface area contributed by atoms with Crippen LogP contribution in [0.3, 0.4) is 0 Å². The molecule has 1 amide bonds. The maximum atomic E-state index is 12.7. The lowest BCUT2D eigenvalue weighted by Gasteiger charge is -2.31. The van der Waals surface area contributed by atoms with Gasteiger partial charge in [-0.2, -0.15) is 0 Å². The first-order valence-electron chi connectivity index (χ1n) is 9.28. The van der Waals surface area contributed by atoms with Crippen molar-refractivity contribution in [2.45, 2.75) is 26.4 Å². The van der Waals surface area contributed by atoms with Gasteiger partial charge in [-0.1, -0.05) is 0 Å². The standard InChI is InChI=1S/C20H24N2O5S/c1-3-26-20(24)14-5-4-10-22(11-14)19(23)17-13-28-18(21-17)12-27-16-8-6-15(25-2)7-9-16/h6-9,13-14H,3-5,10-12H2,1-2H3/t14-/m1/s1. The third-order valence-corrected chi connectivity index (χ3v) is 5.34. The molecule has 150 valence electrons. The number of benzene rings is 1. The van der Waals surface area contributed by atoms with Crippen LogP contribution in [0.1, 0.15) is 35.3 Å². The Balaban J connectivity index is 1.56. The van der Waals surface area contributed by atoms with Crippen LogP contribution in [-0.4, -0.2) is 48.6 Å². The molecule has 0 aliphatic carbocycles. The number of thiazole rings is 1. The van der Waals surface area contributed by atoms with Crippen LogP contribution < -0.4 is 9.47 Å². The Bertz CT molecular complexity index is 805. The third kappa shape index (κ3) is 5.01. The Hall–Kier alpha value is -2.61. The zero-order valence-electron chi connectivity index (χ0n) is 16.1. The van der Waals surface area contributed by atoms with Crippen molar-refractivity contribution in [2.24, 2.45) is 5.92 Å². The first-order valence-corrected chi connectivity index (χ1v) is 10.2. The van der Waals surface area contributed by atoms with Crippen molar-refractivity contribution in [2.75, 3.05) is 26.8 Å². The number of amides is 1. The molecule has 2 heterocycles. The van der Waals surface area contributed by atoms with Gasteiger partial charge in [-0.05, 0) is 44.0 Å². The molecule has 1 aliphatic rings. The van der Waals surface area contributed by atoms with E-state index in [4.69, 9.17) is 14.2 Å². The largest absolute Gasteiger partial charge is 0.497 e. The zero-order valence-corrected chi connectivity index (χ0v) is 16.9. The third-order valence-electron chi connectivity index (χ3n) is 4.52. The second kappa shape index (κ2) is 9.54. The summed E-state index contributed by atoms with van der Waals surface area (Å²) >= 11 is 1.38. The van der Waals surface area contributed by atoms with Gasteiger partial charge in [0.1, 0.15) is 28.8 Å². The summed E-state index contributed by atoms with van der Waals surface area (Å²) in [5.74, 6) is 0.830. The monoisotopic (exact) mass is 404 g/mol. The molecular formula is C20H24N2O5S. The number of methoxy groups -OCH3 is 1. The number of ether oxygens (including phenoxy) is 3. The maximum Gasteiger partial charge on any atom is 0.310 e. The molecule has 0 saturated carbocycles. The number of hydrogen-bond acceptors (Lipinski definition) is 7. The minimum Gasteiger partial charge on any atom is -0.497 e. The maximum absolute atomic E-state index is 12.7. The van der Waals surface area contributed by atoms with E-state index in [1.54, 1.807) is 24.3 Å². The van der Waals surface area contributed by atoms with E-state index in [0.29, 0.717) is 31.1 Å². The zero-order chi connectivity index (χ0) is 19.9. The number of nitrogens with zero attached hydrogens (tertiary/aromatic N) is 2. The average Bonchev–Trinajstić information content (AvgIpc) is 3.21. The molecule has 28 heavy (non-hydrogen) atoms. The predicted molar refractivity (Wildman–Crippen MR) is 105 cm³/mol. The van der Waals surface area contributed by atoms with Gasteiger partial charge in [-0.3, -0.25) is 9.59 Å². The Labute approximate surface area is 168 Å². The van der Waals surface area contributed by atoms with Crippen molar-refractivity contribution >= 4 is 23.2 Å². The van der Waals surface area contributed by atoms with Crippen LogP contribution in [0.4, 0.5) is 0 Å². The van der Waals surface area contributed by atoms with Gasteiger partial charge in [0.05, 0.1) is 19.6 Å². The number of carbonyl (C=O) groups is 2. The number of hydrogen-bond donors (Lipinski definition) is 0. The van der Waals surface area contributed by atoms with Crippen molar-refractivity contribution in [3.63, 3.8) is 0 Å². The van der Waals surface area contributed by atoms with Crippen LogP contribution >= 0.6 is 11.3 Å². The number of aromatic nitrogens is 1. The molecule has 1 fully saturated rings. The van der Waals surface area contributed by atoms with Gasteiger partial charge in [-0.15, -0.1) is 11.3 Å². The van der Waals surface area contributed by atoms with E-state index in [0.717, 1.165) is 23.6 Å². The van der Waals surface area contributed by atoms with Crippen LogP contribution in [0.5, 0.6) is 11.5 Å². The highest BCUT2D eigenvalue weighted by molar-refractivity contribution is 7.09. The van der Waals surface area contributed by atoms with Crippen LogP contribution in [0.2, 0.25) is 0 Å². The molecule has 7 nitrogen and oxygen atoms in total. The molecule has 0 spiro atoms. The van der Waals surface area contributed by atoms with Crippen molar-refractivity contribution in [3.8, 4) is 11.5 Å². The van der Waals surface area contributed by atoms with E-state index in [-0.39, 0.29) is 24.4 Å². The summed E-state index contributed by atoms with van der Waals surface area (Å²) in [6.07, 6.45) is 1.54. The summed E-state index contributed by atoms with van der Waals surface area (Å²) in [5.41, 5.74) is 0.392. The van der Waals surface area contributed by atoms with E-state index in [1.165, 1.54) is 11.3 Å². The van der Waals surface area contributed by atoms with E-state index in [9.17, 15) is 9.59 Å². The molecule has 2 aromatic rings. The molecular weight excluding hydrogens is 380 g/mol. The summed E-state index contributed by atoms with van der Waals surface area (Å²) in [6, 6.07) is 7.29. The lowest BCUT2D eigenvalue weighted by atomic mass is 9.98.